The van der Waals surface area contributed by atoms with Crippen LogP contribution in [0.1, 0.15) is 23.6 Å². The van der Waals surface area contributed by atoms with Crippen LogP contribution in [0.3, 0.4) is 0 Å². The van der Waals surface area contributed by atoms with Crippen molar-refractivity contribution in [2.24, 2.45) is 11.7 Å². The van der Waals surface area contributed by atoms with Gasteiger partial charge in [-0.15, -0.1) is 0 Å². The number of nitrogens with zero attached hydrogens (tertiary/aromatic N) is 3. The molecule has 196 valence electrons. The van der Waals surface area contributed by atoms with Crippen LogP contribution in [0.5, 0.6) is 0 Å². The normalized spacial score (nSPS) is 12.9. The van der Waals surface area contributed by atoms with Gasteiger partial charge in [0.15, 0.2) is 0 Å². The summed E-state index contributed by atoms with van der Waals surface area (Å²) in [5, 5.41) is 11.4. The molecular formula is C29H30N4O5. The molecular weight excluding hydrogens is 484 g/mol. The van der Waals surface area contributed by atoms with Crippen LogP contribution in [0.15, 0.2) is 91.0 Å². The maximum atomic E-state index is 13.3. The lowest BCUT2D eigenvalue weighted by atomic mass is 9.91. The van der Waals surface area contributed by atoms with Gasteiger partial charge in [0.05, 0.1) is 5.92 Å². The van der Waals surface area contributed by atoms with Gasteiger partial charge in [0.25, 0.3) is 0 Å². The second kappa shape index (κ2) is 13.8. The third-order valence-electron chi connectivity index (χ3n) is 6.04. The van der Waals surface area contributed by atoms with Crippen molar-refractivity contribution in [3.05, 3.63) is 113 Å². The fraction of sp³-hybridized carbons (Fsp3) is 0.241. The molecule has 0 aromatic heterocycles. The number of hydrogen-bond acceptors (Lipinski definition) is 6. The molecule has 3 aromatic rings. The van der Waals surface area contributed by atoms with Crippen molar-refractivity contribution in [1.82, 2.24) is 4.90 Å². The fourth-order valence-corrected chi connectivity index (χ4v) is 3.96. The van der Waals surface area contributed by atoms with Crippen molar-refractivity contribution in [3.63, 3.8) is 0 Å². The monoisotopic (exact) mass is 514 g/mol. The molecule has 0 aliphatic carbocycles. The molecule has 3 aromatic carbocycles. The summed E-state index contributed by atoms with van der Waals surface area (Å²) in [5.74, 6) is -3.60. The molecule has 3 rings (SSSR count). The van der Waals surface area contributed by atoms with Crippen LogP contribution >= 0.6 is 0 Å². The number of ether oxygens (including phenoxy) is 1. The number of benzene rings is 3. The van der Waals surface area contributed by atoms with E-state index in [1.807, 2.05) is 24.3 Å². The molecule has 0 fully saturated rings. The van der Waals surface area contributed by atoms with E-state index >= 15 is 0 Å². The van der Waals surface area contributed by atoms with Crippen LogP contribution in [0.4, 0.5) is 0 Å². The first-order valence-electron chi connectivity index (χ1n) is 12.1. The van der Waals surface area contributed by atoms with Gasteiger partial charge in [-0.05, 0) is 23.1 Å². The van der Waals surface area contributed by atoms with Gasteiger partial charge < -0.3 is 26.0 Å². The van der Waals surface area contributed by atoms with E-state index in [-0.39, 0.29) is 19.6 Å². The van der Waals surface area contributed by atoms with E-state index in [9.17, 15) is 25.0 Å². The minimum atomic E-state index is -1.59. The number of carbonyl (C=O) groups excluding carboxylic acids is 3. The maximum absolute atomic E-state index is 13.3. The topological polar surface area (TPSA) is 146 Å². The first-order valence-corrected chi connectivity index (χ1v) is 12.1. The molecule has 0 saturated carbocycles. The number of rotatable bonds is 12. The predicted octanol–water partition coefficient (Wildman–Crippen LogP) is 2.52. The van der Waals surface area contributed by atoms with E-state index in [0.29, 0.717) is 5.56 Å². The third-order valence-corrected chi connectivity index (χ3v) is 6.04. The Labute approximate surface area is 221 Å². The average molecular weight is 515 g/mol. The standard InChI is InChI=1S/C29H30N4O5/c1-20(34)25(32-31)28(36)33(18-22-13-7-3-8-14-22)27(30)26(35)24(17-21-11-5-2-6-12-21)29(37)38-19-23-15-9-4-10-16-23/h2-16,24,26-27,35H,17-19,30H2,1H3/t24-,26+,27?/m0/s1. The second-order valence-electron chi connectivity index (χ2n) is 8.79. The molecule has 3 N–H and O–H groups in total. The molecule has 9 nitrogen and oxygen atoms in total. The van der Waals surface area contributed by atoms with Crippen molar-refractivity contribution < 1.29 is 29.0 Å². The van der Waals surface area contributed by atoms with Crippen molar-refractivity contribution in [2.75, 3.05) is 0 Å². The summed E-state index contributed by atoms with van der Waals surface area (Å²) < 4.78 is 5.52. The Morgan fingerprint density at radius 1 is 0.895 bits per heavy atom. The van der Waals surface area contributed by atoms with E-state index in [1.54, 1.807) is 66.7 Å². The summed E-state index contributed by atoms with van der Waals surface area (Å²) in [5.41, 5.74) is 17.1. The molecule has 0 bridgehead atoms. The molecule has 0 saturated heterocycles. The first kappa shape index (κ1) is 28.1. The Morgan fingerprint density at radius 2 is 1.39 bits per heavy atom. The number of esters is 1. The molecule has 1 amide bonds. The highest BCUT2D eigenvalue weighted by Crippen LogP contribution is 2.21. The third kappa shape index (κ3) is 7.54. The van der Waals surface area contributed by atoms with Crippen LogP contribution < -0.4 is 5.73 Å². The predicted molar refractivity (Wildman–Crippen MR) is 140 cm³/mol. The Balaban J connectivity index is 1.92. The first-order chi connectivity index (χ1) is 18.3. The number of amides is 1. The number of aliphatic hydroxyl groups excluding tert-OH is 1. The fourth-order valence-electron chi connectivity index (χ4n) is 3.96. The number of Topliss-reactive ketones (excluding diaryl/α,β-unsaturated/α-hetero) is 1. The van der Waals surface area contributed by atoms with Gasteiger partial charge in [0, 0.05) is 13.5 Å². The number of aliphatic hydroxyl groups is 1. The zero-order valence-electron chi connectivity index (χ0n) is 21.0. The lowest BCUT2D eigenvalue weighted by Crippen LogP contribution is -2.58. The zero-order valence-corrected chi connectivity index (χ0v) is 21.0. The molecule has 0 heterocycles. The molecule has 0 radical (unpaired) electrons. The van der Waals surface area contributed by atoms with Gasteiger partial charge in [-0.1, -0.05) is 91.0 Å². The highest BCUT2D eigenvalue weighted by atomic mass is 16.5. The molecule has 9 heteroatoms. The Morgan fingerprint density at radius 3 is 1.89 bits per heavy atom. The smallest absolute Gasteiger partial charge is 0.421 e. The van der Waals surface area contributed by atoms with Gasteiger partial charge in [-0.25, -0.2) is 0 Å². The molecule has 0 aliphatic heterocycles. The largest absolute Gasteiger partial charge is 0.461 e. The van der Waals surface area contributed by atoms with Gasteiger partial charge in [-0.3, -0.25) is 14.4 Å². The summed E-state index contributed by atoms with van der Waals surface area (Å²) in [6.07, 6.45) is -2.94. The summed E-state index contributed by atoms with van der Waals surface area (Å²) in [6, 6.07) is 26.9. The lowest BCUT2D eigenvalue weighted by molar-refractivity contribution is -0.157. The quantitative estimate of drug-likeness (QED) is 0.0948. The van der Waals surface area contributed by atoms with Crippen molar-refractivity contribution in [1.29, 1.82) is 0 Å². The SMILES string of the molecule is CC(=O)C(=[N+]=[N-])C(=O)N(Cc1ccccc1)C(N)[C@H](O)[C@H](Cc1ccccc1)C(=O)OCc1ccccc1. The van der Waals surface area contributed by atoms with E-state index < -0.39 is 41.6 Å². The van der Waals surface area contributed by atoms with E-state index in [1.165, 1.54) is 0 Å². The highest BCUT2D eigenvalue weighted by Gasteiger charge is 2.41. The Hall–Kier alpha value is -4.43. The van der Waals surface area contributed by atoms with Crippen LogP contribution in [-0.4, -0.2) is 50.4 Å². The summed E-state index contributed by atoms with van der Waals surface area (Å²) in [7, 11) is 0. The number of nitrogens with two attached hydrogens (primary N) is 1. The van der Waals surface area contributed by atoms with Gasteiger partial charge >= 0.3 is 17.6 Å². The maximum Gasteiger partial charge on any atom is 0.421 e. The summed E-state index contributed by atoms with van der Waals surface area (Å²) in [6.45, 7) is 0.960. The van der Waals surface area contributed by atoms with Crippen molar-refractivity contribution in [3.8, 4) is 0 Å². The zero-order chi connectivity index (χ0) is 27.5. The van der Waals surface area contributed by atoms with Crippen molar-refractivity contribution >= 4 is 23.4 Å². The van der Waals surface area contributed by atoms with E-state index in [2.05, 4.69) is 4.79 Å². The molecule has 3 atom stereocenters. The molecule has 38 heavy (non-hydrogen) atoms. The second-order valence-corrected chi connectivity index (χ2v) is 8.79. The number of hydrogen-bond donors (Lipinski definition) is 2. The van der Waals surface area contributed by atoms with Gasteiger partial charge in [0.1, 0.15) is 18.9 Å². The summed E-state index contributed by atoms with van der Waals surface area (Å²) >= 11 is 0. The van der Waals surface area contributed by atoms with Crippen LogP contribution in [0.2, 0.25) is 0 Å². The minimum absolute atomic E-state index is 0.00869. The van der Waals surface area contributed by atoms with Crippen LogP contribution in [0.25, 0.3) is 5.53 Å². The molecule has 0 aliphatic rings. The van der Waals surface area contributed by atoms with E-state index in [0.717, 1.165) is 23.0 Å². The van der Waals surface area contributed by atoms with Gasteiger partial charge in [-0.2, -0.15) is 4.79 Å². The number of carbonyl (C=O) groups is 3. The number of ketones is 1. The molecule has 0 spiro atoms. The highest BCUT2D eigenvalue weighted by molar-refractivity contribution is 6.63. The Bertz CT molecular complexity index is 1280. The summed E-state index contributed by atoms with van der Waals surface area (Å²) in [4.78, 5) is 42.3. The van der Waals surface area contributed by atoms with E-state index in [4.69, 9.17) is 10.5 Å². The molecule has 1 unspecified atom stereocenters. The lowest BCUT2D eigenvalue weighted by Gasteiger charge is -2.34. The van der Waals surface area contributed by atoms with Crippen molar-refractivity contribution in [2.45, 2.75) is 38.8 Å². The van der Waals surface area contributed by atoms with Crippen LogP contribution in [-0.2, 0) is 38.7 Å². The minimum Gasteiger partial charge on any atom is -0.461 e. The van der Waals surface area contributed by atoms with Gasteiger partial charge in [0.2, 0.25) is 5.78 Å². The van der Waals surface area contributed by atoms with Crippen LogP contribution in [0, 0.1) is 5.92 Å². The average Bonchev–Trinajstić information content (AvgIpc) is 2.94. The Kier molecular flexibility index (Phi) is 10.2.